The molecule has 0 saturated carbocycles. The summed E-state index contributed by atoms with van der Waals surface area (Å²) in [5, 5.41) is 13.5. The van der Waals surface area contributed by atoms with Gasteiger partial charge in [-0.3, -0.25) is 0 Å². The van der Waals surface area contributed by atoms with Crippen LogP contribution >= 0.6 is 0 Å². The molecule has 2 aromatic heterocycles. The Bertz CT molecular complexity index is 823. The van der Waals surface area contributed by atoms with Crippen LogP contribution in [-0.2, 0) is 0 Å². The summed E-state index contributed by atoms with van der Waals surface area (Å²) in [6.07, 6.45) is 3.01. The number of hydrogen-bond acceptors (Lipinski definition) is 7. The number of anilines is 2. The maximum Gasteiger partial charge on any atom is 0.174 e. The Balaban J connectivity index is 2.12. The van der Waals surface area contributed by atoms with Crippen LogP contribution in [0.4, 0.5) is 11.6 Å². The molecule has 0 bridgehead atoms. The molecule has 2 N–H and O–H groups in total. The predicted octanol–water partition coefficient (Wildman–Crippen LogP) is 2.49. The van der Waals surface area contributed by atoms with Crippen molar-refractivity contribution in [3.63, 3.8) is 0 Å². The van der Waals surface area contributed by atoms with E-state index in [2.05, 4.69) is 20.3 Å². The minimum Gasteiger partial charge on any atom is -0.504 e. The van der Waals surface area contributed by atoms with Gasteiger partial charge in [0, 0.05) is 17.6 Å². The van der Waals surface area contributed by atoms with Gasteiger partial charge in [-0.1, -0.05) is 0 Å². The fraction of sp³-hybridized carbons (Fsp3) is 0.133. The molecule has 7 nitrogen and oxygen atoms in total. The number of aromatic hydroxyl groups is 1. The fourth-order valence-corrected chi connectivity index (χ4v) is 2.09. The summed E-state index contributed by atoms with van der Waals surface area (Å²) in [6.45, 7) is 0. The van der Waals surface area contributed by atoms with E-state index < -0.39 is 0 Å². The van der Waals surface area contributed by atoms with E-state index in [1.165, 1.54) is 6.33 Å². The quantitative estimate of drug-likeness (QED) is 0.764. The second-order valence-electron chi connectivity index (χ2n) is 4.44. The molecule has 0 aliphatic heterocycles. The second kappa shape index (κ2) is 5.72. The number of nitrogens with zero attached hydrogens (tertiary/aromatic N) is 3. The van der Waals surface area contributed by atoms with Gasteiger partial charge in [-0.25, -0.2) is 15.0 Å². The third-order valence-electron chi connectivity index (χ3n) is 3.16. The summed E-state index contributed by atoms with van der Waals surface area (Å²) in [5.74, 6) is 2.02. The molecule has 0 saturated heterocycles. The lowest BCUT2D eigenvalue weighted by Crippen LogP contribution is -1.99. The molecular formula is C15H14N4O3. The lowest BCUT2D eigenvalue weighted by atomic mass is 10.2. The summed E-state index contributed by atoms with van der Waals surface area (Å²) in [5.41, 5.74) is 0.686. The number of methoxy groups -OCH3 is 2. The van der Waals surface area contributed by atoms with Gasteiger partial charge in [0.1, 0.15) is 12.1 Å². The molecule has 1 aromatic carbocycles. The number of aromatic nitrogens is 3. The maximum atomic E-state index is 9.81. The van der Waals surface area contributed by atoms with Gasteiger partial charge >= 0.3 is 0 Å². The smallest absolute Gasteiger partial charge is 0.174 e. The first-order valence-electron chi connectivity index (χ1n) is 6.50. The van der Waals surface area contributed by atoms with Crippen LogP contribution in [-0.4, -0.2) is 34.3 Å². The molecule has 0 aliphatic rings. The zero-order valence-electron chi connectivity index (χ0n) is 12.1. The zero-order chi connectivity index (χ0) is 15.5. The van der Waals surface area contributed by atoms with Gasteiger partial charge in [0.2, 0.25) is 0 Å². The number of fused-ring (bicyclic) bond motifs is 1. The number of hydrogen-bond donors (Lipinski definition) is 2. The summed E-state index contributed by atoms with van der Waals surface area (Å²) in [6, 6.07) is 6.73. The van der Waals surface area contributed by atoms with E-state index in [1.54, 1.807) is 44.7 Å². The van der Waals surface area contributed by atoms with E-state index >= 15 is 0 Å². The van der Waals surface area contributed by atoms with E-state index in [0.29, 0.717) is 28.7 Å². The molecule has 22 heavy (non-hydrogen) atoms. The summed E-state index contributed by atoms with van der Waals surface area (Å²) in [4.78, 5) is 12.5. The third kappa shape index (κ3) is 2.44. The van der Waals surface area contributed by atoms with Crippen molar-refractivity contribution in [1.29, 1.82) is 0 Å². The van der Waals surface area contributed by atoms with Crippen molar-refractivity contribution in [2.24, 2.45) is 0 Å². The lowest BCUT2D eigenvalue weighted by molar-refractivity contribution is 0.356. The van der Waals surface area contributed by atoms with Crippen LogP contribution in [0.15, 0.2) is 36.8 Å². The van der Waals surface area contributed by atoms with Crippen LogP contribution in [0.25, 0.3) is 10.9 Å². The highest BCUT2D eigenvalue weighted by molar-refractivity contribution is 5.93. The monoisotopic (exact) mass is 298 g/mol. The number of nitrogens with one attached hydrogen (secondary N) is 1. The molecule has 0 radical (unpaired) electrons. The second-order valence-corrected chi connectivity index (χ2v) is 4.44. The fourth-order valence-electron chi connectivity index (χ4n) is 2.09. The summed E-state index contributed by atoms with van der Waals surface area (Å²) < 4.78 is 10.6. The van der Waals surface area contributed by atoms with E-state index in [4.69, 9.17) is 9.47 Å². The minimum atomic E-state index is 0.0368. The highest BCUT2D eigenvalue weighted by atomic mass is 16.5. The van der Waals surface area contributed by atoms with Crippen LogP contribution in [0.2, 0.25) is 0 Å². The van der Waals surface area contributed by atoms with Crippen molar-refractivity contribution in [3.05, 3.63) is 36.8 Å². The van der Waals surface area contributed by atoms with Crippen molar-refractivity contribution in [2.75, 3.05) is 19.5 Å². The molecule has 0 aliphatic carbocycles. The van der Waals surface area contributed by atoms with Gasteiger partial charge in [0.15, 0.2) is 23.1 Å². The first-order valence-corrected chi connectivity index (χ1v) is 6.50. The molecule has 0 spiro atoms. The van der Waals surface area contributed by atoms with Gasteiger partial charge in [0.25, 0.3) is 0 Å². The Hall–Kier alpha value is -3.09. The SMILES string of the molecule is COc1cc2ncnc(Nc3ncccc3O)c2cc1OC. The van der Waals surface area contributed by atoms with Crippen LogP contribution < -0.4 is 14.8 Å². The van der Waals surface area contributed by atoms with Crippen molar-refractivity contribution in [2.45, 2.75) is 0 Å². The Labute approximate surface area is 126 Å². The van der Waals surface area contributed by atoms with E-state index in [1.807, 2.05) is 0 Å². The highest BCUT2D eigenvalue weighted by Gasteiger charge is 2.12. The van der Waals surface area contributed by atoms with Crippen molar-refractivity contribution >= 4 is 22.5 Å². The number of ether oxygens (including phenoxy) is 2. The van der Waals surface area contributed by atoms with Gasteiger partial charge in [-0.2, -0.15) is 0 Å². The van der Waals surface area contributed by atoms with Crippen molar-refractivity contribution < 1.29 is 14.6 Å². The molecule has 0 fully saturated rings. The number of rotatable bonds is 4. The van der Waals surface area contributed by atoms with Crippen LogP contribution in [0, 0.1) is 0 Å². The highest BCUT2D eigenvalue weighted by Crippen LogP contribution is 2.34. The zero-order valence-corrected chi connectivity index (χ0v) is 12.1. The third-order valence-corrected chi connectivity index (χ3v) is 3.16. The van der Waals surface area contributed by atoms with Gasteiger partial charge < -0.3 is 19.9 Å². The lowest BCUT2D eigenvalue weighted by Gasteiger charge is -2.12. The molecule has 0 amide bonds. The van der Waals surface area contributed by atoms with Gasteiger partial charge in [0.05, 0.1) is 19.7 Å². The van der Waals surface area contributed by atoms with E-state index in [-0.39, 0.29) is 5.75 Å². The summed E-state index contributed by atoms with van der Waals surface area (Å²) >= 11 is 0. The van der Waals surface area contributed by atoms with Crippen molar-refractivity contribution in [1.82, 2.24) is 15.0 Å². The van der Waals surface area contributed by atoms with Crippen LogP contribution in [0.3, 0.4) is 0 Å². The van der Waals surface area contributed by atoms with E-state index in [0.717, 1.165) is 5.39 Å². The Morgan fingerprint density at radius 3 is 2.50 bits per heavy atom. The normalized spacial score (nSPS) is 10.5. The van der Waals surface area contributed by atoms with Crippen LogP contribution in [0.1, 0.15) is 0 Å². The molecular weight excluding hydrogens is 284 g/mol. The first kappa shape index (κ1) is 13.9. The Kier molecular flexibility index (Phi) is 3.61. The largest absolute Gasteiger partial charge is 0.504 e. The standard InChI is InChI=1S/C15H14N4O3/c1-21-12-6-9-10(7-13(12)22-2)17-8-18-14(9)19-15-11(20)4-3-5-16-15/h3-8,20H,1-2H3,(H,16,17,18,19). The predicted molar refractivity (Wildman–Crippen MR) is 81.8 cm³/mol. The summed E-state index contributed by atoms with van der Waals surface area (Å²) in [7, 11) is 3.13. The van der Waals surface area contributed by atoms with Gasteiger partial charge in [-0.05, 0) is 18.2 Å². The molecule has 3 aromatic rings. The topological polar surface area (TPSA) is 89.4 Å². The maximum absolute atomic E-state index is 9.81. The number of pyridine rings is 1. The molecule has 7 heteroatoms. The minimum absolute atomic E-state index is 0.0368. The first-order chi connectivity index (χ1) is 10.7. The van der Waals surface area contributed by atoms with Crippen LogP contribution in [0.5, 0.6) is 17.2 Å². The Morgan fingerprint density at radius 1 is 1.00 bits per heavy atom. The average Bonchev–Trinajstić information content (AvgIpc) is 2.56. The Morgan fingerprint density at radius 2 is 1.77 bits per heavy atom. The molecule has 0 atom stereocenters. The average molecular weight is 298 g/mol. The van der Waals surface area contributed by atoms with Crippen molar-refractivity contribution in [3.8, 4) is 17.2 Å². The molecule has 0 unspecified atom stereocenters. The van der Waals surface area contributed by atoms with E-state index in [9.17, 15) is 5.11 Å². The number of benzene rings is 1. The molecule has 112 valence electrons. The van der Waals surface area contributed by atoms with Gasteiger partial charge in [-0.15, -0.1) is 0 Å². The molecule has 3 rings (SSSR count). The molecule has 2 heterocycles.